The first-order chi connectivity index (χ1) is 7.96. The lowest BCUT2D eigenvalue weighted by molar-refractivity contribution is -0.0319. The van der Waals surface area contributed by atoms with Crippen LogP contribution in [-0.2, 0) is 4.74 Å². The highest BCUT2D eigenvalue weighted by atomic mass is 16.5. The maximum atomic E-state index is 6.07. The molecule has 100 valence electrons. The molecule has 0 spiro atoms. The van der Waals surface area contributed by atoms with Crippen LogP contribution in [0.5, 0.6) is 0 Å². The molecular weight excluding hydrogens is 212 g/mol. The zero-order valence-electron chi connectivity index (χ0n) is 11.6. The molecule has 1 unspecified atom stereocenters. The van der Waals surface area contributed by atoms with Crippen LogP contribution in [0.2, 0.25) is 0 Å². The minimum absolute atomic E-state index is 0.0976. The van der Waals surface area contributed by atoms with Gasteiger partial charge in [-0.2, -0.15) is 0 Å². The normalized spacial score (nSPS) is 37.6. The third-order valence-electron chi connectivity index (χ3n) is 4.41. The average Bonchev–Trinajstić information content (AvgIpc) is 2.59. The summed E-state index contributed by atoms with van der Waals surface area (Å²) in [5.41, 5.74) is 6.05. The number of nitrogens with two attached hydrogens (primary N) is 1. The van der Waals surface area contributed by atoms with Crippen LogP contribution in [0.1, 0.15) is 52.4 Å². The summed E-state index contributed by atoms with van der Waals surface area (Å²) >= 11 is 0. The zero-order chi connectivity index (χ0) is 12.5. The lowest BCUT2D eigenvalue weighted by Gasteiger charge is -2.35. The lowest BCUT2D eigenvalue weighted by atomic mass is 9.91. The molecule has 2 aliphatic rings. The van der Waals surface area contributed by atoms with E-state index in [1.165, 1.54) is 38.5 Å². The molecule has 0 radical (unpaired) electrons. The first-order valence-electron chi connectivity index (χ1n) is 7.10. The van der Waals surface area contributed by atoms with Crippen LogP contribution in [0.15, 0.2) is 0 Å². The summed E-state index contributed by atoms with van der Waals surface area (Å²) < 4.78 is 6.07. The van der Waals surface area contributed by atoms with Crippen molar-refractivity contribution in [3.8, 4) is 0 Å². The van der Waals surface area contributed by atoms with Gasteiger partial charge in [0.25, 0.3) is 0 Å². The Morgan fingerprint density at radius 2 is 1.82 bits per heavy atom. The lowest BCUT2D eigenvalue weighted by Crippen LogP contribution is -2.42. The molecule has 0 aromatic heterocycles. The molecule has 1 atom stereocenters. The fraction of sp³-hybridized carbons (Fsp3) is 1.00. The van der Waals surface area contributed by atoms with Crippen molar-refractivity contribution < 1.29 is 4.74 Å². The molecule has 2 rings (SSSR count). The maximum Gasteiger partial charge on any atom is 0.0710 e. The molecule has 3 nitrogen and oxygen atoms in total. The van der Waals surface area contributed by atoms with Gasteiger partial charge in [-0.15, -0.1) is 0 Å². The van der Waals surface area contributed by atoms with Gasteiger partial charge in [0.05, 0.1) is 11.7 Å². The van der Waals surface area contributed by atoms with E-state index in [2.05, 4.69) is 25.8 Å². The van der Waals surface area contributed by atoms with Gasteiger partial charge in [-0.1, -0.05) is 0 Å². The van der Waals surface area contributed by atoms with Gasteiger partial charge in [-0.25, -0.2) is 0 Å². The second kappa shape index (κ2) is 5.25. The minimum atomic E-state index is 0.0976. The van der Waals surface area contributed by atoms with Gasteiger partial charge in [-0.3, -0.25) is 0 Å². The Balaban J connectivity index is 1.76. The predicted molar refractivity (Wildman–Crippen MR) is 71.0 cm³/mol. The molecule has 0 aromatic rings. The monoisotopic (exact) mass is 240 g/mol. The number of hydrogen-bond acceptors (Lipinski definition) is 3. The molecule has 1 aliphatic carbocycles. The van der Waals surface area contributed by atoms with Crippen LogP contribution in [0.25, 0.3) is 0 Å². The first-order valence-corrected chi connectivity index (χ1v) is 7.10. The molecule has 0 aromatic carbocycles. The SMILES string of the molecule is CN(CC1CCC(C)(C)O1)C1CCC(N)CC1. The van der Waals surface area contributed by atoms with E-state index in [-0.39, 0.29) is 5.60 Å². The Morgan fingerprint density at radius 1 is 1.18 bits per heavy atom. The standard InChI is InChI=1S/C14H28N2O/c1-14(2)9-8-13(17-14)10-16(3)12-6-4-11(15)5-7-12/h11-13H,4-10,15H2,1-3H3. The second-order valence-corrected chi connectivity index (χ2v) is 6.55. The van der Waals surface area contributed by atoms with Gasteiger partial charge in [0.1, 0.15) is 0 Å². The fourth-order valence-corrected chi connectivity index (χ4v) is 3.22. The molecule has 0 amide bonds. The molecule has 1 aliphatic heterocycles. The molecule has 1 heterocycles. The van der Waals surface area contributed by atoms with Crippen molar-refractivity contribution in [3.05, 3.63) is 0 Å². The summed E-state index contributed by atoms with van der Waals surface area (Å²) in [4.78, 5) is 2.50. The van der Waals surface area contributed by atoms with Gasteiger partial charge in [-0.05, 0) is 59.4 Å². The molecular formula is C14H28N2O. The van der Waals surface area contributed by atoms with E-state index in [0.29, 0.717) is 12.1 Å². The van der Waals surface area contributed by atoms with Crippen molar-refractivity contribution in [2.75, 3.05) is 13.6 Å². The molecule has 2 N–H and O–H groups in total. The number of likely N-dealkylation sites (N-methyl/N-ethyl adjacent to an activating group) is 1. The minimum Gasteiger partial charge on any atom is -0.371 e. The van der Waals surface area contributed by atoms with Crippen LogP contribution in [-0.4, -0.2) is 42.3 Å². The van der Waals surface area contributed by atoms with Crippen molar-refractivity contribution >= 4 is 0 Å². The predicted octanol–water partition coefficient (Wildman–Crippen LogP) is 2.15. The first kappa shape index (κ1) is 13.3. The summed E-state index contributed by atoms with van der Waals surface area (Å²) in [5, 5.41) is 0. The van der Waals surface area contributed by atoms with Crippen LogP contribution in [0, 0.1) is 0 Å². The Labute approximate surface area is 106 Å². The molecule has 1 saturated carbocycles. The third kappa shape index (κ3) is 3.67. The van der Waals surface area contributed by atoms with Crippen LogP contribution < -0.4 is 5.73 Å². The van der Waals surface area contributed by atoms with Crippen molar-refractivity contribution in [1.29, 1.82) is 0 Å². The Hall–Kier alpha value is -0.120. The number of nitrogens with zero attached hydrogens (tertiary/aromatic N) is 1. The van der Waals surface area contributed by atoms with Crippen LogP contribution in [0.3, 0.4) is 0 Å². The number of ether oxygens (including phenoxy) is 1. The molecule has 2 fully saturated rings. The number of hydrogen-bond donors (Lipinski definition) is 1. The largest absolute Gasteiger partial charge is 0.371 e. The van der Waals surface area contributed by atoms with E-state index in [4.69, 9.17) is 10.5 Å². The summed E-state index contributed by atoms with van der Waals surface area (Å²) in [6, 6.07) is 1.17. The summed E-state index contributed by atoms with van der Waals surface area (Å²) in [5.74, 6) is 0. The summed E-state index contributed by atoms with van der Waals surface area (Å²) in [7, 11) is 2.25. The third-order valence-corrected chi connectivity index (χ3v) is 4.41. The van der Waals surface area contributed by atoms with Crippen molar-refractivity contribution in [3.63, 3.8) is 0 Å². The van der Waals surface area contributed by atoms with E-state index < -0.39 is 0 Å². The Morgan fingerprint density at radius 3 is 2.35 bits per heavy atom. The Bertz CT molecular complexity index is 247. The second-order valence-electron chi connectivity index (χ2n) is 6.55. The Kier molecular flexibility index (Phi) is 4.11. The average molecular weight is 240 g/mol. The van der Waals surface area contributed by atoms with Crippen molar-refractivity contribution in [2.24, 2.45) is 5.73 Å². The smallest absolute Gasteiger partial charge is 0.0710 e. The van der Waals surface area contributed by atoms with E-state index >= 15 is 0 Å². The fourth-order valence-electron chi connectivity index (χ4n) is 3.22. The summed E-state index contributed by atoms with van der Waals surface area (Å²) in [6.45, 7) is 5.49. The van der Waals surface area contributed by atoms with E-state index in [1.54, 1.807) is 0 Å². The van der Waals surface area contributed by atoms with E-state index in [9.17, 15) is 0 Å². The summed E-state index contributed by atoms with van der Waals surface area (Å²) in [6.07, 6.45) is 7.73. The van der Waals surface area contributed by atoms with E-state index in [0.717, 1.165) is 12.6 Å². The number of rotatable bonds is 3. The van der Waals surface area contributed by atoms with Gasteiger partial charge < -0.3 is 15.4 Å². The molecule has 1 saturated heterocycles. The van der Waals surface area contributed by atoms with Crippen molar-refractivity contribution in [2.45, 2.75) is 76.2 Å². The quantitative estimate of drug-likeness (QED) is 0.821. The molecule has 0 bridgehead atoms. The molecule has 3 heteroatoms. The van der Waals surface area contributed by atoms with Gasteiger partial charge >= 0.3 is 0 Å². The van der Waals surface area contributed by atoms with Crippen molar-refractivity contribution in [1.82, 2.24) is 4.90 Å². The van der Waals surface area contributed by atoms with Crippen LogP contribution >= 0.6 is 0 Å². The van der Waals surface area contributed by atoms with E-state index in [1.807, 2.05) is 0 Å². The highest BCUT2D eigenvalue weighted by Crippen LogP contribution is 2.30. The van der Waals surface area contributed by atoms with Gasteiger partial charge in [0.2, 0.25) is 0 Å². The zero-order valence-corrected chi connectivity index (χ0v) is 11.6. The topological polar surface area (TPSA) is 38.5 Å². The van der Waals surface area contributed by atoms with Gasteiger partial charge in [0.15, 0.2) is 0 Å². The maximum absolute atomic E-state index is 6.07. The highest BCUT2D eigenvalue weighted by molar-refractivity contribution is 4.85. The highest BCUT2D eigenvalue weighted by Gasteiger charge is 2.33. The molecule has 17 heavy (non-hydrogen) atoms. The van der Waals surface area contributed by atoms with Gasteiger partial charge in [0, 0.05) is 18.6 Å². The van der Waals surface area contributed by atoms with Crippen LogP contribution in [0.4, 0.5) is 0 Å².